The topological polar surface area (TPSA) is 34.0 Å². The number of halogens is 1. The molecule has 0 atom stereocenters. The molecule has 1 N–H and O–H groups in total. The fourth-order valence-corrected chi connectivity index (χ4v) is 1.43. The normalized spacial score (nSPS) is 10.1. The SMILES string of the molecule is Cn1cccc1C(=O)Nc1ccc(F)cc1. The van der Waals surface area contributed by atoms with Crippen LogP contribution >= 0.6 is 0 Å². The summed E-state index contributed by atoms with van der Waals surface area (Å²) in [6.07, 6.45) is 1.79. The van der Waals surface area contributed by atoms with Gasteiger partial charge >= 0.3 is 0 Å². The summed E-state index contributed by atoms with van der Waals surface area (Å²) in [5.41, 5.74) is 1.14. The Morgan fingerprint density at radius 3 is 2.50 bits per heavy atom. The molecule has 16 heavy (non-hydrogen) atoms. The van der Waals surface area contributed by atoms with E-state index in [1.807, 2.05) is 0 Å². The highest BCUT2D eigenvalue weighted by Crippen LogP contribution is 2.10. The second-order valence-electron chi connectivity index (χ2n) is 3.47. The van der Waals surface area contributed by atoms with Gasteiger partial charge in [-0.15, -0.1) is 0 Å². The molecule has 1 amide bonds. The molecule has 0 aliphatic heterocycles. The van der Waals surface area contributed by atoms with Crippen LogP contribution in [0.2, 0.25) is 0 Å². The van der Waals surface area contributed by atoms with Crippen LogP contribution in [0.4, 0.5) is 10.1 Å². The molecule has 1 aromatic carbocycles. The maximum atomic E-state index is 12.6. The Hall–Kier alpha value is -2.10. The Bertz CT molecular complexity index is 502. The number of anilines is 1. The van der Waals surface area contributed by atoms with Crippen LogP contribution in [0.15, 0.2) is 42.6 Å². The molecule has 2 rings (SSSR count). The molecular weight excluding hydrogens is 207 g/mol. The lowest BCUT2D eigenvalue weighted by molar-refractivity contribution is 0.101. The smallest absolute Gasteiger partial charge is 0.272 e. The fourth-order valence-electron chi connectivity index (χ4n) is 1.43. The molecule has 82 valence electrons. The summed E-state index contributed by atoms with van der Waals surface area (Å²) in [6.45, 7) is 0. The number of hydrogen-bond donors (Lipinski definition) is 1. The molecule has 3 nitrogen and oxygen atoms in total. The largest absolute Gasteiger partial charge is 0.347 e. The van der Waals surface area contributed by atoms with Gasteiger partial charge in [-0.05, 0) is 36.4 Å². The molecule has 0 aliphatic rings. The van der Waals surface area contributed by atoms with E-state index in [9.17, 15) is 9.18 Å². The number of carbonyl (C=O) groups is 1. The van der Waals surface area contributed by atoms with E-state index in [2.05, 4.69) is 5.32 Å². The standard InChI is InChI=1S/C12H11FN2O/c1-15-8-2-3-11(15)12(16)14-10-6-4-9(13)5-7-10/h2-8H,1H3,(H,14,16). The van der Waals surface area contributed by atoms with Gasteiger partial charge in [-0.25, -0.2) is 4.39 Å². The Labute approximate surface area is 92.5 Å². The Morgan fingerprint density at radius 2 is 1.94 bits per heavy atom. The summed E-state index contributed by atoms with van der Waals surface area (Å²) < 4.78 is 14.4. The summed E-state index contributed by atoms with van der Waals surface area (Å²) in [4.78, 5) is 11.8. The lowest BCUT2D eigenvalue weighted by Gasteiger charge is -2.05. The van der Waals surface area contributed by atoms with E-state index in [0.29, 0.717) is 11.4 Å². The molecule has 0 radical (unpaired) electrons. The molecule has 0 aliphatic carbocycles. The maximum Gasteiger partial charge on any atom is 0.272 e. The van der Waals surface area contributed by atoms with Gasteiger partial charge in [0.05, 0.1) is 0 Å². The number of aromatic nitrogens is 1. The first-order chi connectivity index (χ1) is 7.66. The molecule has 0 saturated heterocycles. The Morgan fingerprint density at radius 1 is 1.25 bits per heavy atom. The van der Waals surface area contributed by atoms with E-state index in [-0.39, 0.29) is 11.7 Å². The number of benzene rings is 1. The van der Waals surface area contributed by atoms with Gasteiger partial charge in [-0.3, -0.25) is 4.79 Å². The van der Waals surface area contributed by atoms with E-state index in [4.69, 9.17) is 0 Å². The van der Waals surface area contributed by atoms with Crippen LogP contribution in [0.1, 0.15) is 10.5 Å². The fraction of sp³-hybridized carbons (Fsp3) is 0.0833. The van der Waals surface area contributed by atoms with Crippen molar-refractivity contribution < 1.29 is 9.18 Å². The van der Waals surface area contributed by atoms with Crippen LogP contribution in [-0.4, -0.2) is 10.5 Å². The van der Waals surface area contributed by atoms with Crippen molar-refractivity contribution in [1.29, 1.82) is 0 Å². The van der Waals surface area contributed by atoms with Gasteiger partial charge in [0.25, 0.3) is 5.91 Å². The average Bonchev–Trinajstić information content (AvgIpc) is 2.68. The van der Waals surface area contributed by atoms with Crippen LogP contribution in [0, 0.1) is 5.82 Å². The second-order valence-corrected chi connectivity index (χ2v) is 3.47. The summed E-state index contributed by atoms with van der Waals surface area (Å²) in [5.74, 6) is -0.532. The Kier molecular flexibility index (Phi) is 2.72. The molecule has 0 unspecified atom stereocenters. The number of amides is 1. The monoisotopic (exact) mass is 218 g/mol. The number of aryl methyl sites for hydroxylation is 1. The van der Waals surface area contributed by atoms with Crippen LogP contribution in [0.3, 0.4) is 0 Å². The number of hydrogen-bond acceptors (Lipinski definition) is 1. The van der Waals surface area contributed by atoms with Gasteiger partial charge < -0.3 is 9.88 Å². The number of carbonyl (C=O) groups excluding carboxylic acids is 1. The van der Waals surface area contributed by atoms with E-state index >= 15 is 0 Å². The first-order valence-corrected chi connectivity index (χ1v) is 4.85. The molecule has 0 fully saturated rings. The van der Waals surface area contributed by atoms with Crippen molar-refractivity contribution in [2.24, 2.45) is 7.05 Å². The van der Waals surface area contributed by atoms with Gasteiger partial charge in [0.1, 0.15) is 11.5 Å². The number of rotatable bonds is 2. The third-order valence-corrected chi connectivity index (χ3v) is 2.28. The molecule has 4 heteroatoms. The van der Waals surface area contributed by atoms with Crippen molar-refractivity contribution in [2.45, 2.75) is 0 Å². The van der Waals surface area contributed by atoms with Crippen molar-refractivity contribution in [3.63, 3.8) is 0 Å². The third kappa shape index (κ3) is 2.11. The average molecular weight is 218 g/mol. The van der Waals surface area contributed by atoms with E-state index < -0.39 is 0 Å². The summed E-state index contributed by atoms with van der Waals surface area (Å²) >= 11 is 0. The first kappa shape index (κ1) is 10.4. The minimum atomic E-state index is -0.322. The summed E-state index contributed by atoms with van der Waals surface area (Å²) in [7, 11) is 1.79. The third-order valence-electron chi connectivity index (χ3n) is 2.28. The molecule has 0 saturated carbocycles. The molecule has 1 aromatic heterocycles. The van der Waals surface area contributed by atoms with Crippen LogP contribution in [0.5, 0.6) is 0 Å². The molecule has 0 spiro atoms. The quantitative estimate of drug-likeness (QED) is 0.825. The Balaban J connectivity index is 2.14. The van der Waals surface area contributed by atoms with Crippen LogP contribution < -0.4 is 5.32 Å². The second kappa shape index (κ2) is 4.18. The van der Waals surface area contributed by atoms with Gasteiger partial charge in [-0.1, -0.05) is 0 Å². The van der Waals surface area contributed by atoms with Crippen molar-refractivity contribution in [2.75, 3.05) is 5.32 Å². The van der Waals surface area contributed by atoms with E-state index in [0.717, 1.165) is 0 Å². The lowest BCUT2D eigenvalue weighted by Crippen LogP contribution is -2.15. The zero-order valence-electron chi connectivity index (χ0n) is 8.77. The lowest BCUT2D eigenvalue weighted by atomic mass is 10.3. The zero-order chi connectivity index (χ0) is 11.5. The molecule has 2 aromatic rings. The molecule has 0 bridgehead atoms. The molecule has 1 heterocycles. The molecular formula is C12H11FN2O. The van der Waals surface area contributed by atoms with Gasteiger partial charge in [0, 0.05) is 18.9 Å². The van der Waals surface area contributed by atoms with Crippen molar-refractivity contribution in [1.82, 2.24) is 4.57 Å². The van der Waals surface area contributed by atoms with Crippen LogP contribution in [-0.2, 0) is 7.05 Å². The van der Waals surface area contributed by atoms with Crippen molar-refractivity contribution in [3.8, 4) is 0 Å². The summed E-state index contributed by atoms with van der Waals surface area (Å²) in [5, 5.41) is 2.69. The van der Waals surface area contributed by atoms with Gasteiger partial charge in [-0.2, -0.15) is 0 Å². The summed E-state index contributed by atoms with van der Waals surface area (Å²) in [6, 6.07) is 9.17. The van der Waals surface area contributed by atoms with Gasteiger partial charge in [0.15, 0.2) is 0 Å². The predicted octanol–water partition coefficient (Wildman–Crippen LogP) is 2.42. The highest BCUT2D eigenvalue weighted by atomic mass is 19.1. The maximum absolute atomic E-state index is 12.6. The number of nitrogens with zero attached hydrogens (tertiary/aromatic N) is 1. The first-order valence-electron chi connectivity index (χ1n) is 4.85. The van der Waals surface area contributed by atoms with Crippen LogP contribution in [0.25, 0.3) is 0 Å². The predicted molar refractivity (Wildman–Crippen MR) is 59.8 cm³/mol. The van der Waals surface area contributed by atoms with Gasteiger partial charge in [0.2, 0.25) is 0 Å². The van der Waals surface area contributed by atoms with Crippen molar-refractivity contribution in [3.05, 3.63) is 54.1 Å². The van der Waals surface area contributed by atoms with E-state index in [1.54, 1.807) is 29.9 Å². The number of nitrogens with one attached hydrogen (secondary N) is 1. The minimum absolute atomic E-state index is 0.209. The zero-order valence-corrected chi connectivity index (χ0v) is 8.77. The minimum Gasteiger partial charge on any atom is -0.347 e. The highest BCUT2D eigenvalue weighted by Gasteiger charge is 2.08. The van der Waals surface area contributed by atoms with Crippen molar-refractivity contribution >= 4 is 11.6 Å². The van der Waals surface area contributed by atoms with E-state index in [1.165, 1.54) is 24.3 Å². The highest BCUT2D eigenvalue weighted by molar-refractivity contribution is 6.03.